The molecule has 0 radical (unpaired) electrons. The van der Waals surface area contributed by atoms with E-state index >= 15 is 0 Å². The van der Waals surface area contributed by atoms with Crippen molar-refractivity contribution < 1.29 is 14.7 Å². The first-order valence-corrected chi connectivity index (χ1v) is 6.05. The molecule has 7 heteroatoms. The summed E-state index contributed by atoms with van der Waals surface area (Å²) in [5.41, 5.74) is -1.30. The van der Waals surface area contributed by atoms with Crippen LogP contribution >= 0.6 is 0 Å². The zero-order valence-electron chi connectivity index (χ0n) is 11.0. The number of hydrogen-bond donors (Lipinski definition) is 3. The van der Waals surface area contributed by atoms with Gasteiger partial charge in [0, 0.05) is 12.4 Å². The Morgan fingerprint density at radius 2 is 2.00 bits per heavy atom. The van der Waals surface area contributed by atoms with Crippen molar-refractivity contribution >= 4 is 11.9 Å². The lowest BCUT2D eigenvalue weighted by Crippen LogP contribution is -2.62. The number of amides is 1. The Bertz CT molecular complexity index is 438. The van der Waals surface area contributed by atoms with Crippen LogP contribution in [-0.4, -0.2) is 39.2 Å². The SMILES string of the molecule is CCCCNC(C)(NC(=O)c1cncnc1)C(=O)O. The third-order valence-electron chi connectivity index (χ3n) is 2.62. The van der Waals surface area contributed by atoms with E-state index in [-0.39, 0.29) is 5.56 Å². The van der Waals surface area contributed by atoms with Gasteiger partial charge in [-0.1, -0.05) is 13.3 Å². The fraction of sp³-hybridized carbons (Fsp3) is 0.500. The van der Waals surface area contributed by atoms with E-state index in [4.69, 9.17) is 0 Å². The molecule has 7 nitrogen and oxygen atoms in total. The minimum atomic E-state index is -1.51. The number of carboxylic acid groups (broad SMARTS) is 1. The number of carboxylic acids is 1. The zero-order chi connectivity index (χ0) is 14.3. The maximum absolute atomic E-state index is 11.9. The largest absolute Gasteiger partial charge is 0.478 e. The topological polar surface area (TPSA) is 104 Å². The predicted octanol–water partition coefficient (Wildman–Crippen LogP) is 0.397. The molecule has 0 saturated carbocycles. The van der Waals surface area contributed by atoms with Crippen molar-refractivity contribution in [1.29, 1.82) is 0 Å². The Hall–Kier alpha value is -2.02. The summed E-state index contributed by atoms with van der Waals surface area (Å²) in [4.78, 5) is 30.6. The van der Waals surface area contributed by atoms with Crippen LogP contribution in [0.1, 0.15) is 37.0 Å². The van der Waals surface area contributed by atoms with Gasteiger partial charge in [0.05, 0.1) is 5.56 Å². The molecule has 0 spiro atoms. The van der Waals surface area contributed by atoms with Gasteiger partial charge in [0.25, 0.3) is 5.91 Å². The summed E-state index contributed by atoms with van der Waals surface area (Å²) >= 11 is 0. The number of carbonyl (C=O) groups is 2. The van der Waals surface area contributed by atoms with Gasteiger partial charge in [-0.3, -0.25) is 10.1 Å². The van der Waals surface area contributed by atoms with E-state index in [0.29, 0.717) is 6.54 Å². The lowest BCUT2D eigenvalue weighted by molar-refractivity contribution is -0.145. The normalized spacial score (nSPS) is 13.6. The Morgan fingerprint density at radius 3 is 2.53 bits per heavy atom. The molecule has 1 unspecified atom stereocenters. The molecular formula is C12H18N4O3. The van der Waals surface area contributed by atoms with Crippen LogP contribution in [0.25, 0.3) is 0 Å². The fourth-order valence-corrected chi connectivity index (χ4v) is 1.40. The van der Waals surface area contributed by atoms with Gasteiger partial charge in [-0.05, 0) is 19.9 Å². The molecule has 0 saturated heterocycles. The zero-order valence-corrected chi connectivity index (χ0v) is 11.0. The van der Waals surface area contributed by atoms with E-state index < -0.39 is 17.5 Å². The Labute approximate surface area is 111 Å². The molecular weight excluding hydrogens is 248 g/mol. The summed E-state index contributed by atoms with van der Waals surface area (Å²) in [5, 5.41) is 14.5. The third kappa shape index (κ3) is 4.29. The fourth-order valence-electron chi connectivity index (χ4n) is 1.40. The number of nitrogens with one attached hydrogen (secondary N) is 2. The van der Waals surface area contributed by atoms with E-state index in [1.807, 2.05) is 6.92 Å². The molecule has 0 aliphatic carbocycles. The van der Waals surface area contributed by atoms with Crippen LogP contribution in [0, 0.1) is 0 Å². The maximum atomic E-state index is 11.9. The van der Waals surface area contributed by atoms with Gasteiger partial charge in [0.1, 0.15) is 6.33 Å². The molecule has 19 heavy (non-hydrogen) atoms. The van der Waals surface area contributed by atoms with E-state index in [9.17, 15) is 14.7 Å². The quantitative estimate of drug-likeness (QED) is 0.487. The van der Waals surface area contributed by atoms with Gasteiger partial charge >= 0.3 is 5.97 Å². The Kier molecular flexibility index (Phi) is 5.37. The molecule has 3 N–H and O–H groups in total. The van der Waals surface area contributed by atoms with Crippen molar-refractivity contribution in [2.24, 2.45) is 0 Å². The highest BCUT2D eigenvalue weighted by Crippen LogP contribution is 2.03. The molecule has 0 aromatic carbocycles. The van der Waals surface area contributed by atoms with Crippen molar-refractivity contribution in [2.45, 2.75) is 32.4 Å². The molecule has 0 fully saturated rings. The Balaban J connectivity index is 2.73. The number of hydrogen-bond acceptors (Lipinski definition) is 5. The highest BCUT2D eigenvalue weighted by atomic mass is 16.4. The van der Waals surface area contributed by atoms with Crippen molar-refractivity contribution in [3.05, 3.63) is 24.3 Å². The lowest BCUT2D eigenvalue weighted by Gasteiger charge is -2.27. The van der Waals surface area contributed by atoms with Crippen LogP contribution in [0.5, 0.6) is 0 Å². The molecule has 1 heterocycles. The molecule has 1 amide bonds. The number of aromatic nitrogens is 2. The second-order valence-corrected chi connectivity index (χ2v) is 4.29. The number of unbranched alkanes of at least 4 members (excludes halogenated alkanes) is 1. The van der Waals surface area contributed by atoms with Crippen molar-refractivity contribution in [3.8, 4) is 0 Å². The van der Waals surface area contributed by atoms with Gasteiger partial charge in [-0.25, -0.2) is 14.8 Å². The van der Waals surface area contributed by atoms with Crippen molar-refractivity contribution in [2.75, 3.05) is 6.54 Å². The molecule has 1 aromatic rings. The average molecular weight is 266 g/mol. The van der Waals surface area contributed by atoms with Gasteiger partial charge in [0.2, 0.25) is 0 Å². The van der Waals surface area contributed by atoms with Gasteiger partial charge in [-0.15, -0.1) is 0 Å². The van der Waals surface area contributed by atoms with E-state index in [1.165, 1.54) is 25.6 Å². The van der Waals surface area contributed by atoms with E-state index in [2.05, 4.69) is 20.6 Å². The van der Waals surface area contributed by atoms with Crippen molar-refractivity contribution in [3.63, 3.8) is 0 Å². The monoisotopic (exact) mass is 266 g/mol. The van der Waals surface area contributed by atoms with Gasteiger partial charge in [-0.2, -0.15) is 0 Å². The smallest absolute Gasteiger partial charge is 0.344 e. The third-order valence-corrected chi connectivity index (χ3v) is 2.62. The summed E-state index contributed by atoms with van der Waals surface area (Å²) in [6.07, 6.45) is 5.72. The first-order chi connectivity index (χ1) is 8.99. The highest BCUT2D eigenvalue weighted by Gasteiger charge is 2.34. The minimum absolute atomic E-state index is 0.215. The van der Waals surface area contributed by atoms with Crippen LogP contribution in [0.2, 0.25) is 0 Å². The number of aliphatic carboxylic acids is 1. The summed E-state index contributed by atoms with van der Waals surface area (Å²) in [6.45, 7) is 3.91. The molecule has 0 aliphatic heterocycles. The molecule has 104 valence electrons. The van der Waals surface area contributed by atoms with Crippen LogP contribution in [0.4, 0.5) is 0 Å². The second kappa shape index (κ2) is 6.79. The molecule has 0 bridgehead atoms. The van der Waals surface area contributed by atoms with Crippen LogP contribution in [-0.2, 0) is 4.79 Å². The number of rotatable bonds is 7. The maximum Gasteiger partial charge on any atom is 0.344 e. The minimum Gasteiger partial charge on any atom is -0.478 e. The van der Waals surface area contributed by atoms with Crippen LogP contribution in [0.3, 0.4) is 0 Å². The van der Waals surface area contributed by atoms with Crippen LogP contribution in [0.15, 0.2) is 18.7 Å². The Morgan fingerprint density at radius 1 is 1.37 bits per heavy atom. The molecule has 1 aromatic heterocycles. The van der Waals surface area contributed by atoms with Gasteiger partial charge < -0.3 is 10.4 Å². The van der Waals surface area contributed by atoms with E-state index in [0.717, 1.165) is 12.8 Å². The summed E-state index contributed by atoms with van der Waals surface area (Å²) in [6, 6.07) is 0. The van der Waals surface area contributed by atoms with Crippen LogP contribution < -0.4 is 10.6 Å². The van der Waals surface area contributed by atoms with E-state index in [1.54, 1.807) is 0 Å². The summed E-state index contributed by atoms with van der Waals surface area (Å²) in [5.74, 6) is -1.68. The summed E-state index contributed by atoms with van der Waals surface area (Å²) in [7, 11) is 0. The second-order valence-electron chi connectivity index (χ2n) is 4.29. The molecule has 0 aliphatic rings. The standard InChI is InChI=1S/C12H18N4O3/c1-3-4-5-15-12(2,11(18)19)16-10(17)9-6-13-8-14-7-9/h6-8,15H,3-5H2,1-2H3,(H,16,17)(H,18,19). The molecule has 1 atom stereocenters. The predicted molar refractivity (Wildman–Crippen MR) is 68.4 cm³/mol. The molecule has 1 rings (SSSR count). The first-order valence-electron chi connectivity index (χ1n) is 6.05. The van der Waals surface area contributed by atoms with Crippen molar-refractivity contribution in [1.82, 2.24) is 20.6 Å². The number of carbonyl (C=O) groups excluding carboxylic acids is 1. The first kappa shape index (κ1) is 15.0. The lowest BCUT2D eigenvalue weighted by atomic mass is 10.1. The number of nitrogens with zero attached hydrogens (tertiary/aromatic N) is 2. The van der Waals surface area contributed by atoms with Gasteiger partial charge in [0.15, 0.2) is 5.66 Å². The average Bonchev–Trinajstić information content (AvgIpc) is 2.40. The highest BCUT2D eigenvalue weighted by molar-refractivity contribution is 5.97. The summed E-state index contributed by atoms with van der Waals surface area (Å²) < 4.78 is 0.